The molecular formula is C8H16N2O3S. The molecule has 0 aromatic carbocycles. The van der Waals surface area contributed by atoms with Crippen molar-refractivity contribution < 1.29 is 13.2 Å². The molecule has 14 heavy (non-hydrogen) atoms. The van der Waals surface area contributed by atoms with Gasteiger partial charge in [-0.25, -0.2) is 13.2 Å². The monoisotopic (exact) mass is 220 g/mol. The van der Waals surface area contributed by atoms with Gasteiger partial charge in [0, 0.05) is 20.6 Å². The summed E-state index contributed by atoms with van der Waals surface area (Å²) in [6, 6.07) is -0.172. The molecule has 1 fully saturated rings. The average molecular weight is 220 g/mol. The molecule has 0 radical (unpaired) electrons. The van der Waals surface area contributed by atoms with E-state index in [4.69, 9.17) is 0 Å². The highest BCUT2D eigenvalue weighted by atomic mass is 32.2. The third-order valence-corrected chi connectivity index (χ3v) is 4.11. The van der Waals surface area contributed by atoms with Crippen LogP contribution in [0.2, 0.25) is 0 Å². The molecule has 0 bridgehead atoms. The standard InChI is InChI=1S/C8H16N2O3S/c1-10(2)8(11)9-5-7-3-4-14(12,13)6-7/h7H,3-6H2,1-2H3,(H,9,11)/t7-/m0/s1. The van der Waals surface area contributed by atoms with Crippen molar-refractivity contribution >= 4 is 15.9 Å². The van der Waals surface area contributed by atoms with Crippen LogP contribution in [0.25, 0.3) is 0 Å². The highest BCUT2D eigenvalue weighted by Crippen LogP contribution is 2.17. The van der Waals surface area contributed by atoms with Gasteiger partial charge in [0.2, 0.25) is 0 Å². The summed E-state index contributed by atoms with van der Waals surface area (Å²) < 4.78 is 22.2. The van der Waals surface area contributed by atoms with Crippen LogP contribution < -0.4 is 5.32 Å². The largest absolute Gasteiger partial charge is 0.338 e. The molecule has 0 aromatic rings. The van der Waals surface area contributed by atoms with E-state index in [2.05, 4.69) is 5.32 Å². The Hall–Kier alpha value is -0.780. The lowest BCUT2D eigenvalue weighted by Gasteiger charge is -2.14. The number of urea groups is 1. The summed E-state index contributed by atoms with van der Waals surface area (Å²) in [5.41, 5.74) is 0. The number of nitrogens with one attached hydrogen (secondary N) is 1. The first-order chi connectivity index (χ1) is 6.41. The van der Waals surface area contributed by atoms with Gasteiger partial charge in [-0.3, -0.25) is 0 Å². The van der Waals surface area contributed by atoms with Gasteiger partial charge in [0.25, 0.3) is 0 Å². The number of carbonyl (C=O) groups excluding carboxylic acids is 1. The second-order valence-corrected chi connectivity index (χ2v) is 6.08. The predicted molar refractivity (Wildman–Crippen MR) is 53.8 cm³/mol. The van der Waals surface area contributed by atoms with Crippen LogP contribution in [0.3, 0.4) is 0 Å². The van der Waals surface area contributed by atoms with E-state index in [1.807, 2.05) is 0 Å². The number of rotatable bonds is 2. The van der Waals surface area contributed by atoms with Crippen molar-refractivity contribution in [1.82, 2.24) is 10.2 Å². The molecule has 0 unspecified atom stereocenters. The normalized spacial score (nSPS) is 24.6. The first kappa shape index (κ1) is 11.3. The number of hydrogen-bond donors (Lipinski definition) is 1. The molecule has 0 aromatic heterocycles. The topological polar surface area (TPSA) is 66.5 Å². The third kappa shape index (κ3) is 3.17. The Bertz CT molecular complexity index is 311. The van der Waals surface area contributed by atoms with Crippen LogP contribution in [0, 0.1) is 5.92 Å². The molecule has 1 heterocycles. The van der Waals surface area contributed by atoms with Gasteiger partial charge in [-0.15, -0.1) is 0 Å². The lowest BCUT2D eigenvalue weighted by Crippen LogP contribution is -2.37. The number of amides is 2. The molecule has 1 aliphatic heterocycles. The van der Waals surface area contributed by atoms with Crippen LogP contribution in [0.4, 0.5) is 4.79 Å². The fraction of sp³-hybridized carbons (Fsp3) is 0.875. The summed E-state index contributed by atoms with van der Waals surface area (Å²) in [5, 5.41) is 2.68. The maximum atomic E-state index is 11.1. The number of hydrogen-bond acceptors (Lipinski definition) is 3. The second-order valence-electron chi connectivity index (χ2n) is 3.85. The zero-order valence-electron chi connectivity index (χ0n) is 8.49. The minimum Gasteiger partial charge on any atom is -0.338 e. The van der Waals surface area contributed by atoms with E-state index in [9.17, 15) is 13.2 Å². The molecule has 0 aliphatic carbocycles. The molecular weight excluding hydrogens is 204 g/mol. The Morgan fingerprint density at radius 3 is 2.57 bits per heavy atom. The van der Waals surface area contributed by atoms with Crippen LogP contribution in [0.15, 0.2) is 0 Å². The zero-order valence-corrected chi connectivity index (χ0v) is 9.30. The van der Waals surface area contributed by atoms with Gasteiger partial charge in [-0.05, 0) is 12.3 Å². The van der Waals surface area contributed by atoms with Crippen molar-refractivity contribution in [3.8, 4) is 0 Å². The van der Waals surface area contributed by atoms with Crippen LogP contribution in [0.5, 0.6) is 0 Å². The van der Waals surface area contributed by atoms with E-state index in [0.717, 1.165) is 0 Å². The Balaban J connectivity index is 2.31. The predicted octanol–water partition coefficient (Wildman–Crippen LogP) is -0.308. The van der Waals surface area contributed by atoms with Crippen LogP contribution >= 0.6 is 0 Å². The van der Waals surface area contributed by atoms with Crippen molar-refractivity contribution in [2.75, 3.05) is 32.1 Å². The Morgan fingerprint density at radius 1 is 1.50 bits per heavy atom. The molecule has 0 spiro atoms. The average Bonchev–Trinajstić information content (AvgIpc) is 2.41. The molecule has 5 nitrogen and oxygen atoms in total. The maximum absolute atomic E-state index is 11.1. The minimum absolute atomic E-state index is 0.0869. The molecule has 2 amide bonds. The molecule has 0 saturated carbocycles. The first-order valence-electron chi connectivity index (χ1n) is 4.56. The van der Waals surface area contributed by atoms with E-state index < -0.39 is 9.84 Å². The summed E-state index contributed by atoms with van der Waals surface area (Å²) in [5.74, 6) is 0.555. The SMILES string of the molecule is CN(C)C(=O)NC[C@@H]1CCS(=O)(=O)C1. The van der Waals surface area contributed by atoms with Gasteiger partial charge in [0.05, 0.1) is 11.5 Å². The summed E-state index contributed by atoms with van der Waals surface area (Å²) in [6.07, 6.45) is 0.663. The number of carbonyl (C=O) groups is 1. The second kappa shape index (κ2) is 4.16. The van der Waals surface area contributed by atoms with Crippen LogP contribution in [-0.4, -0.2) is 51.5 Å². The third-order valence-electron chi connectivity index (χ3n) is 2.27. The number of sulfone groups is 1. The van der Waals surface area contributed by atoms with Gasteiger partial charge in [-0.1, -0.05) is 0 Å². The summed E-state index contributed by atoms with van der Waals surface area (Å²) in [6.45, 7) is 0.455. The lowest BCUT2D eigenvalue weighted by atomic mass is 10.1. The van der Waals surface area contributed by atoms with Gasteiger partial charge in [-0.2, -0.15) is 0 Å². The van der Waals surface area contributed by atoms with Crippen molar-refractivity contribution in [3.63, 3.8) is 0 Å². The van der Waals surface area contributed by atoms with Gasteiger partial charge in [0.1, 0.15) is 0 Å². The van der Waals surface area contributed by atoms with Crippen molar-refractivity contribution in [1.29, 1.82) is 0 Å². The fourth-order valence-electron chi connectivity index (χ4n) is 1.42. The van der Waals surface area contributed by atoms with E-state index in [1.165, 1.54) is 4.90 Å². The first-order valence-corrected chi connectivity index (χ1v) is 6.38. The lowest BCUT2D eigenvalue weighted by molar-refractivity contribution is 0.216. The smallest absolute Gasteiger partial charge is 0.316 e. The molecule has 1 saturated heterocycles. The van der Waals surface area contributed by atoms with E-state index in [-0.39, 0.29) is 23.5 Å². The Kier molecular flexibility index (Phi) is 3.36. The number of nitrogens with zero attached hydrogens (tertiary/aromatic N) is 1. The van der Waals surface area contributed by atoms with E-state index >= 15 is 0 Å². The Labute approximate surface area is 84.4 Å². The van der Waals surface area contributed by atoms with Gasteiger partial charge < -0.3 is 10.2 Å². The van der Waals surface area contributed by atoms with Crippen LogP contribution in [0.1, 0.15) is 6.42 Å². The van der Waals surface area contributed by atoms with Crippen LogP contribution in [-0.2, 0) is 9.84 Å². The molecule has 82 valence electrons. The van der Waals surface area contributed by atoms with Gasteiger partial charge in [0.15, 0.2) is 9.84 Å². The maximum Gasteiger partial charge on any atom is 0.316 e. The quantitative estimate of drug-likeness (QED) is 0.694. The van der Waals surface area contributed by atoms with E-state index in [0.29, 0.717) is 13.0 Å². The summed E-state index contributed by atoms with van der Waals surface area (Å²) in [4.78, 5) is 12.6. The molecule has 1 rings (SSSR count). The highest BCUT2D eigenvalue weighted by molar-refractivity contribution is 7.91. The Morgan fingerprint density at radius 2 is 2.14 bits per heavy atom. The minimum atomic E-state index is -2.83. The summed E-state index contributed by atoms with van der Waals surface area (Å²) >= 11 is 0. The van der Waals surface area contributed by atoms with Crippen molar-refractivity contribution in [3.05, 3.63) is 0 Å². The molecule has 1 aliphatic rings. The molecule has 6 heteroatoms. The highest BCUT2D eigenvalue weighted by Gasteiger charge is 2.27. The van der Waals surface area contributed by atoms with E-state index in [1.54, 1.807) is 14.1 Å². The van der Waals surface area contributed by atoms with Gasteiger partial charge >= 0.3 is 6.03 Å². The molecule has 1 atom stereocenters. The van der Waals surface area contributed by atoms with Crippen molar-refractivity contribution in [2.24, 2.45) is 5.92 Å². The molecule has 1 N–H and O–H groups in total. The zero-order chi connectivity index (χ0) is 10.8. The summed E-state index contributed by atoms with van der Waals surface area (Å²) in [7, 11) is 0.478. The fourth-order valence-corrected chi connectivity index (χ4v) is 3.28. The van der Waals surface area contributed by atoms with Crippen molar-refractivity contribution in [2.45, 2.75) is 6.42 Å².